The zero-order chi connectivity index (χ0) is 24.0. The van der Waals surface area contributed by atoms with Crippen molar-refractivity contribution in [2.45, 2.75) is 39.8 Å². The van der Waals surface area contributed by atoms with Gasteiger partial charge in [0.1, 0.15) is 29.2 Å². The van der Waals surface area contributed by atoms with Gasteiger partial charge in [0.15, 0.2) is 5.82 Å². The molecule has 0 unspecified atom stereocenters. The van der Waals surface area contributed by atoms with E-state index in [1.54, 1.807) is 80.2 Å². The third kappa shape index (κ3) is 5.62. The fraction of sp³-hybridized carbons (Fsp3) is 0.292. The highest BCUT2D eigenvalue weighted by Gasteiger charge is 2.32. The molecule has 3 rings (SSSR count). The molecule has 2 amide bonds. The molecule has 3 aromatic rings. The molecule has 0 saturated carbocycles. The summed E-state index contributed by atoms with van der Waals surface area (Å²) < 4.78 is 12.9. The standard InChI is InChI=1S/C24H27N5O4/c1-6-15-28-16-25-27-21(28)18-12-10-14-20(26-18)29(23(31)33-24(3,4)5)22(30)17-11-8-9-13-19(17)32-7-2/h6,8-14,16H,1,7,15H2,2-5H3. The molecule has 0 spiro atoms. The van der Waals surface area contributed by atoms with E-state index in [0.29, 0.717) is 30.4 Å². The number of anilines is 1. The number of aromatic nitrogens is 4. The maximum Gasteiger partial charge on any atom is 0.423 e. The third-order valence-electron chi connectivity index (χ3n) is 4.33. The van der Waals surface area contributed by atoms with Crippen molar-refractivity contribution in [3.05, 3.63) is 67.0 Å². The molecule has 0 N–H and O–H groups in total. The molecular formula is C24H27N5O4. The number of hydrogen-bond acceptors (Lipinski definition) is 7. The highest BCUT2D eigenvalue weighted by atomic mass is 16.6. The van der Waals surface area contributed by atoms with Gasteiger partial charge in [-0.05, 0) is 52.0 Å². The van der Waals surface area contributed by atoms with Crippen LogP contribution in [0.1, 0.15) is 38.1 Å². The first-order valence-corrected chi connectivity index (χ1v) is 10.5. The van der Waals surface area contributed by atoms with Crippen LogP contribution in [-0.4, -0.2) is 44.0 Å². The summed E-state index contributed by atoms with van der Waals surface area (Å²) >= 11 is 0. The summed E-state index contributed by atoms with van der Waals surface area (Å²) in [5, 5.41) is 8.04. The summed E-state index contributed by atoms with van der Waals surface area (Å²) in [5.74, 6) is 0.306. The molecular weight excluding hydrogens is 422 g/mol. The Morgan fingerprint density at radius 3 is 2.61 bits per heavy atom. The number of rotatable bonds is 7. The predicted octanol–water partition coefficient (Wildman–Crippen LogP) is 4.51. The number of carbonyl (C=O) groups excluding carboxylic acids is 2. The monoisotopic (exact) mass is 449 g/mol. The van der Waals surface area contributed by atoms with Crippen LogP contribution in [0.4, 0.5) is 10.6 Å². The molecule has 9 heteroatoms. The Bertz CT molecular complexity index is 1150. The van der Waals surface area contributed by atoms with Crippen molar-refractivity contribution in [2.24, 2.45) is 0 Å². The van der Waals surface area contributed by atoms with Gasteiger partial charge in [-0.15, -0.1) is 16.8 Å². The van der Waals surface area contributed by atoms with Gasteiger partial charge in [-0.3, -0.25) is 4.79 Å². The van der Waals surface area contributed by atoms with Crippen molar-refractivity contribution in [3.63, 3.8) is 0 Å². The summed E-state index contributed by atoms with van der Waals surface area (Å²) in [6, 6.07) is 11.7. The SMILES string of the molecule is C=CCn1cnnc1-c1cccc(N(C(=O)OC(C)(C)C)C(=O)c2ccccc2OCC)n1. The number of amides is 2. The quantitative estimate of drug-likeness (QED) is 0.489. The molecule has 0 atom stereocenters. The number of allylic oxidation sites excluding steroid dienone is 1. The van der Waals surface area contributed by atoms with Gasteiger partial charge in [-0.25, -0.2) is 9.78 Å². The highest BCUT2D eigenvalue weighted by molar-refractivity contribution is 6.19. The number of pyridine rings is 1. The van der Waals surface area contributed by atoms with Gasteiger partial charge in [0.25, 0.3) is 5.91 Å². The molecule has 2 heterocycles. The average Bonchev–Trinajstić information content (AvgIpc) is 3.22. The second kappa shape index (κ2) is 10.1. The molecule has 0 saturated heterocycles. The van der Waals surface area contributed by atoms with Crippen molar-refractivity contribution in [3.8, 4) is 17.3 Å². The summed E-state index contributed by atoms with van der Waals surface area (Å²) in [6.07, 6.45) is 2.41. The fourth-order valence-corrected chi connectivity index (χ4v) is 3.03. The van der Waals surface area contributed by atoms with E-state index in [9.17, 15) is 9.59 Å². The molecule has 172 valence electrons. The molecule has 9 nitrogen and oxygen atoms in total. The Hall–Kier alpha value is -4.01. The fourth-order valence-electron chi connectivity index (χ4n) is 3.03. The third-order valence-corrected chi connectivity index (χ3v) is 4.33. The lowest BCUT2D eigenvalue weighted by Gasteiger charge is -2.26. The van der Waals surface area contributed by atoms with E-state index >= 15 is 0 Å². The van der Waals surface area contributed by atoms with Crippen LogP contribution in [0.25, 0.3) is 11.5 Å². The molecule has 0 bridgehead atoms. The van der Waals surface area contributed by atoms with E-state index in [2.05, 4.69) is 21.8 Å². The van der Waals surface area contributed by atoms with Crippen LogP contribution in [0.5, 0.6) is 5.75 Å². The molecule has 0 aliphatic carbocycles. The van der Waals surface area contributed by atoms with Gasteiger partial charge in [-0.1, -0.05) is 24.3 Å². The van der Waals surface area contributed by atoms with E-state index in [0.717, 1.165) is 4.90 Å². The van der Waals surface area contributed by atoms with Crippen molar-refractivity contribution in [1.29, 1.82) is 0 Å². The van der Waals surface area contributed by atoms with Crippen LogP contribution < -0.4 is 9.64 Å². The Kier molecular flexibility index (Phi) is 7.22. The number of nitrogens with zero attached hydrogens (tertiary/aromatic N) is 5. The molecule has 33 heavy (non-hydrogen) atoms. The van der Waals surface area contributed by atoms with Crippen LogP contribution in [0.3, 0.4) is 0 Å². The lowest BCUT2D eigenvalue weighted by Crippen LogP contribution is -2.41. The Balaban J connectivity index is 2.09. The molecule has 0 aliphatic rings. The Morgan fingerprint density at radius 1 is 1.15 bits per heavy atom. The van der Waals surface area contributed by atoms with Crippen molar-refractivity contribution in [2.75, 3.05) is 11.5 Å². The highest BCUT2D eigenvalue weighted by Crippen LogP contribution is 2.26. The minimum absolute atomic E-state index is 0.0891. The summed E-state index contributed by atoms with van der Waals surface area (Å²) in [6.45, 7) is 11.6. The second-order valence-electron chi connectivity index (χ2n) is 8.03. The van der Waals surface area contributed by atoms with Crippen molar-refractivity contribution < 1.29 is 19.1 Å². The number of imide groups is 1. The lowest BCUT2D eigenvalue weighted by molar-refractivity contribution is 0.0563. The molecule has 2 aromatic heterocycles. The van der Waals surface area contributed by atoms with Crippen LogP contribution >= 0.6 is 0 Å². The number of hydrogen-bond donors (Lipinski definition) is 0. The van der Waals surface area contributed by atoms with Crippen molar-refractivity contribution in [1.82, 2.24) is 19.7 Å². The summed E-state index contributed by atoms with van der Waals surface area (Å²) in [5.41, 5.74) is -0.171. The topological polar surface area (TPSA) is 99.4 Å². The van der Waals surface area contributed by atoms with Gasteiger partial charge in [0, 0.05) is 6.54 Å². The van der Waals surface area contributed by atoms with Crippen molar-refractivity contribution >= 4 is 17.8 Å². The number of carbonyl (C=O) groups is 2. The first-order valence-electron chi connectivity index (χ1n) is 10.5. The number of ether oxygens (including phenoxy) is 2. The van der Waals surface area contributed by atoms with Gasteiger partial charge in [0.05, 0.1) is 12.2 Å². The van der Waals surface area contributed by atoms with E-state index in [1.807, 2.05) is 6.92 Å². The van der Waals surface area contributed by atoms with E-state index in [4.69, 9.17) is 9.47 Å². The molecule has 0 aliphatic heterocycles. The number of para-hydroxylation sites is 1. The average molecular weight is 450 g/mol. The largest absolute Gasteiger partial charge is 0.493 e. The first kappa shape index (κ1) is 23.6. The Morgan fingerprint density at radius 2 is 1.91 bits per heavy atom. The van der Waals surface area contributed by atoms with E-state index in [-0.39, 0.29) is 11.4 Å². The van der Waals surface area contributed by atoms with Gasteiger partial charge in [0.2, 0.25) is 0 Å². The van der Waals surface area contributed by atoms with E-state index < -0.39 is 17.6 Å². The summed E-state index contributed by atoms with van der Waals surface area (Å²) in [4.78, 5) is 32.2. The van der Waals surface area contributed by atoms with Crippen LogP contribution in [0, 0.1) is 0 Å². The molecule has 0 radical (unpaired) electrons. The lowest BCUT2D eigenvalue weighted by atomic mass is 10.1. The Labute approximate surface area is 192 Å². The smallest absolute Gasteiger partial charge is 0.423 e. The van der Waals surface area contributed by atoms with Gasteiger partial charge >= 0.3 is 6.09 Å². The molecule has 0 fully saturated rings. The van der Waals surface area contributed by atoms with Crippen LogP contribution in [0.15, 0.2) is 61.4 Å². The predicted molar refractivity (Wildman–Crippen MR) is 124 cm³/mol. The van der Waals surface area contributed by atoms with Crippen LogP contribution in [0.2, 0.25) is 0 Å². The zero-order valence-electron chi connectivity index (χ0n) is 19.2. The first-order chi connectivity index (χ1) is 15.7. The minimum Gasteiger partial charge on any atom is -0.493 e. The zero-order valence-corrected chi connectivity index (χ0v) is 19.2. The molecule has 1 aromatic carbocycles. The maximum absolute atomic E-state index is 13.6. The van der Waals surface area contributed by atoms with Crippen LogP contribution in [-0.2, 0) is 11.3 Å². The van der Waals surface area contributed by atoms with Gasteiger partial charge < -0.3 is 14.0 Å². The van der Waals surface area contributed by atoms with E-state index in [1.165, 1.54) is 0 Å². The normalized spacial score (nSPS) is 11.0. The second-order valence-corrected chi connectivity index (χ2v) is 8.03. The number of benzene rings is 1. The minimum atomic E-state index is -0.851. The van der Waals surface area contributed by atoms with Gasteiger partial charge in [-0.2, -0.15) is 4.90 Å². The summed E-state index contributed by atoms with van der Waals surface area (Å²) in [7, 11) is 0. The maximum atomic E-state index is 13.6.